The minimum absolute atomic E-state index is 0.112. The van der Waals surface area contributed by atoms with E-state index in [0.717, 1.165) is 25.0 Å². The molecule has 31 heavy (non-hydrogen) atoms. The molecule has 162 valence electrons. The van der Waals surface area contributed by atoms with Crippen molar-refractivity contribution >= 4 is 10.0 Å². The van der Waals surface area contributed by atoms with Gasteiger partial charge in [0.1, 0.15) is 12.4 Å². The highest BCUT2D eigenvalue weighted by atomic mass is 32.2. The van der Waals surface area contributed by atoms with Gasteiger partial charge in [-0.25, -0.2) is 13.1 Å². The third kappa shape index (κ3) is 5.34. The predicted molar refractivity (Wildman–Crippen MR) is 123 cm³/mol. The zero-order chi connectivity index (χ0) is 21.7. The highest BCUT2D eigenvalue weighted by Gasteiger charge is 2.27. The first-order chi connectivity index (χ1) is 15.0. The molecule has 0 saturated carbocycles. The lowest BCUT2D eigenvalue weighted by atomic mass is 9.76. The van der Waals surface area contributed by atoms with Crippen LogP contribution in [0.4, 0.5) is 0 Å². The van der Waals surface area contributed by atoms with Gasteiger partial charge in [-0.1, -0.05) is 54.6 Å². The first kappa shape index (κ1) is 21.6. The molecular weight excluding hydrogens is 408 g/mol. The molecule has 6 heteroatoms. The number of sulfonamides is 1. The van der Waals surface area contributed by atoms with Crippen LogP contribution in [-0.2, 0) is 22.9 Å². The van der Waals surface area contributed by atoms with E-state index in [4.69, 9.17) is 10.5 Å². The quantitative estimate of drug-likeness (QED) is 0.528. The van der Waals surface area contributed by atoms with Gasteiger partial charge in [-0.05, 0) is 60.2 Å². The topological polar surface area (TPSA) is 81.4 Å². The van der Waals surface area contributed by atoms with Crippen LogP contribution >= 0.6 is 0 Å². The van der Waals surface area contributed by atoms with E-state index in [9.17, 15) is 8.42 Å². The summed E-state index contributed by atoms with van der Waals surface area (Å²) in [7, 11) is -3.53. The zero-order valence-electron chi connectivity index (χ0n) is 17.4. The monoisotopic (exact) mass is 436 g/mol. The van der Waals surface area contributed by atoms with E-state index < -0.39 is 10.0 Å². The Bertz CT molecular complexity index is 1100. The summed E-state index contributed by atoms with van der Waals surface area (Å²) in [5.41, 5.74) is 10.3. The number of hydrogen-bond donors (Lipinski definition) is 2. The van der Waals surface area contributed by atoms with E-state index in [1.165, 1.54) is 16.7 Å². The average Bonchev–Trinajstić information content (AvgIpc) is 2.80. The zero-order valence-corrected chi connectivity index (χ0v) is 18.2. The number of hydrogen-bond acceptors (Lipinski definition) is 4. The fourth-order valence-corrected chi connectivity index (χ4v) is 5.18. The fourth-order valence-electron chi connectivity index (χ4n) is 4.15. The maximum Gasteiger partial charge on any atom is 0.240 e. The van der Waals surface area contributed by atoms with Crippen molar-refractivity contribution in [2.75, 3.05) is 13.2 Å². The van der Waals surface area contributed by atoms with E-state index in [1.807, 2.05) is 12.1 Å². The third-order valence-corrected chi connectivity index (χ3v) is 7.27. The summed E-state index contributed by atoms with van der Waals surface area (Å²) in [6, 6.07) is 25.0. The summed E-state index contributed by atoms with van der Waals surface area (Å²) in [5.74, 6) is 0.983. The molecule has 0 bridgehead atoms. The van der Waals surface area contributed by atoms with E-state index in [0.29, 0.717) is 0 Å². The number of nitrogens with one attached hydrogen (secondary N) is 1. The van der Waals surface area contributed by atoms with Crippen LogP contribution in [0.1, 0.15) is 29.0 Å². The summed E-state index contributed by atoms with van der Waals surface area (Å²) >= 11 is 0. The van der Waals surface area contributed by atoms with E-state index in [2.05, 4.69) is 41.1 Å². The molecule has 0 radical (unpaired) electrons. The molecule has 0 spiro atoms. The number of benzene rings is 3. The van der Waals surface area contributed by atoms with E-state index in [1.54, 1.807) is 30.3 Å². The number of aryl methyl sites for hydroxylation is 1. The number of rotatable bonds is 8. The Morgan fingerprint density at radius 1 is 0.968 bits per heavy atom. The molecule has 0 aromatic heterocycles. The molecule has 4 rings (SSSR count). The molecule has 0 heterocycles. The van der Waals surface area contributed by atoms with Gasteiger partial charge in [-0.3, -0.25) is 0 Å². The van der Waals surface area contributed by atoms with Gasteiger partial charge in [0, 0.05) is 18.5 Å². The fraction of sp³-hybridized carbons (Fsp3) is 0.280. The second-order valence-electron chi connectivity index (χ2n) is 7.92. The van der Waals surface area contributed by atoms with Crippen molar-refractivity contribution in [2.24, 2.45) is 5.73 Å². The minimum atomic E-state index is -3.53. The standard InChI is InChI=1S/C25H28N2O3S/c26-25-14-12-20-11-13-21(18-23(20)24(25)17-19-7-3-1-4-8-19)30-16-15-27-31(28,29)22-9-5-2-6-10-22/h1-11,13,18,24-25,27H,12,14-17,26H2. The molecule has 3 aromatic rings. The number of nitrogens with two attached hydrogens (primary N) is 1. The highest BCUT2D eigenvalue weighted by Crippen LogP contribution is 2.35. The Hall–Kier alpha value is -2.67. The molecule has 2 unspecified atom stereocenters. The van der Waals surface area contributed by atoms with Gasteiger partial charge in [-0.2, -0.15) is 0 Å². The average molecular weight is 437 g/mol. The molecule has 0 saturated heterocycles. The predicted octanol–water partition coefficient (Wildman–Crippen LogP) is 3.64. The molecule has 1 aliphatic carbocycles. The van der Waals surface area contributed by atoms with Gasteiger partial charge in [0.15, 0.2) is 0 Å². The van der Waals surface area contributed by atoms with E-state index in [-0.39, 0.29) is 30.0 Å². The Kier molecular flexibility index (Phi) is 6.70. The third-order valence-electron chi connectivity index (χ3n) is 5.80. The van der Waals surface area contributed by atoms with Crippen LogP contribution in [0.5, 0.6) is 5.75 Å². The first-order valence-corrected chi connectivity index (χ1v) is 12.1. The summed E-state index contributed by atoms with van der Waals surface area (Å²) in [6.07, 6.45) is 2.85. The van der Waals surface area contributed by atoms with Gasteiger partial charge >= 0.3 is 0 Å². The van der Waals surface area contributed by atoms with Crippen molar-refractivity contribution in [3.63, 3.8) is 0 Å². The molecule has 3 aromatic carbocycles. The second kappa shape index (κ2) is 9.64. The van der Waals surface area contributed by atoms with E-state index >= 15 is 0 Å². The van der Waals surface area contributed by atoms with Crippen LogP contribution in [0.3, 0.4) is 0 Å². The summed E-state index contributed by atoms with van der Waals surface area (Å²) in [6.45, 7) is 0.446. The smallest absolute Gasteiger partial charge is 0.240 e. The van der Waals surface area contributed by atoms with Crippen molar-refractivity contribution in [1.82, 2.24) is 4.72 Å². The van der Waals surface area contributed by atoms with Gasteiger partial charge in [0.2, 0.25) is 10.0 Å². The van der Waals surface area contributed by atoms with Crippen LogP contribution in [0.15, 0.2) is 83.8 Å². The second-order valence-corrected chi connectivity index (χ2v) is 9.69. The van der Waals surface area contributed by atoms with Crippen LogP contribution < -0.4 is 15.2 Å². The first-order valence-electron chi connectivity index (χ1n) is 10.6. The Labute approximate surface area is 184 Å². The van der Waals surface area contributed by atoms with Crippen molar-refractivity contribution in [2.45, 2.75) is 36.1 Å². The molecule has 1 aliphatic rings. The summed E-state index contributed by atoms with van der Waals surface area (Å²) in [4.78, 5) is 0.251. The molecule has 0 aliphatic heterocycles. The molecule has 5 nitrogen and oxygen atoms in total. The van der Waals surface area contributed by atoms with Crippen molar-refractivity contribution in [3.05, 3.63) is 95.6 Å². The van der Waals surface area contributed by atoms with Gasteiger partial charge < -0.3 is 10.5 Å². The Morgan fingerprint density at radius 2 is 1.68 bits per heavy atom. The Morgan fingerprint density at radius 3 is 2.42 bits per heavy atom. The molecule has 0 amide bonds. The Balaban J connectivity index is 1.40. The van der Waals surface area contributed by atoms with Crippen LogP contribution in [0, 0.1) is 0 Å². The lowest BCUT2D eigenvalue weighted by Crippen LogP contribution is -2.34. The number of ether oxygens (including phenoxy) is 1. The maximum atomic E-state index is 12.3. The summed E-state index contributed by atoms with van der Waals surface area (Å²) < 4.78 is 33.1. The van der Waals surface area contributed by atoms with Crippen LogP contribution in [0.2, 0.25) is 0 Å². The largest absolute Gasteiger partial charge is 0.492 e. The van der Waals surface area contributed by atoms with Crippen molar-refractivity contribution < 1.29 is 13.2 Å². The van der Waals surface area contributed by atoms with Gasteiger partial charge in [0.05, 0.1) is 4.90 Å². The molecule has 0 fully saturated rings. The molecular formula is C25H28N2O3S. The normalized spacial score (nSPS) is 18.4. The van der Waals surface area contributed by atoms with Crippen LogP contribution in [0.25, 0.3) is 0 Å². The van der Waals surface area contributed by atoms with Gasteiger partial charge in [-0.15, -0.1) is 0 Å². The minimum Gasteiger partial charge on any atom is -0.492 e. The molecule has 3 N–H and O–H groups in total. The summed E-state index contributed by atoms with van der Waals surface area (Å²) in [5, 5.41) is 0. The molecule has 2 atom stereocenters. The maximum absolute atomic E-state index is 12.3. The SMILES string of the molecule is NC1CCc2ccc(OCCNS(=O)(=O)c3ccccc3)cc2C1Cc1ccccc1. The highest BCUT2D eigenvalue weighted by molar-refractivity contribution is 7.89. The van der Waals surface area contributed by atoms with Crippen LogP contribution in [-0.4, -0.2) is 27.6 Å². The lowest BCUT2D eigenvalue weighted by molar-refractivity contribution is 0.321. The lowest BCUT2D eigenvalue weighted by Gasteiger charge is -2.32. The number of fused-ring (bicyclic) bond motifs is 1. The van der Waals surface area contributed by atoms with Gasteiger partial charge in [0.25, 0.3) is 0 Å². The van der Waals surface area contributed by atoms with Crippen molar-refractivity contribution in [3.8, 4) is 5.75 Å². The van der Waals surface area contributed by atoms with Crippen molar-refractivity contribution in [1.29, 1.82) is 0 Å².